The summed E-state index contributed by atoms with van der Waals surface area (Å²) in [4.78, 5) is 24.5. The summed E-state index contributed by atoms with van der Waals surface area (Å²) in [5.41, 5.74) is -2.60. The molecule has 1 aromatic carbocycles. The van der Waals surface area contributed by atoms with Gasteiger partial charge in [0.15, 0.2) is 6.10 Å². The fourth-order valence-corrected chi connectivity index (χ4v) is 4.25. The molecule has 0 aliphatic carbocycles. The van der Waals surface area contributed by atoms with E-state index in [0.717, 1.165) is 57.8 Å². The van der Waals surface area contributed by atoms with Crippen LogP contribution >= 0.6 is 0 Å². The molecule has 0 spiro atoms. The number of esters is 1. The Morgan fingerprint density at radius 1 is 0.833 bits per heavy atom. The third-order valence-electron chi connectivity index (χ3n) is 6.49. The predicted molar refractivity (Wildman–Crippen MR) is 141 cm³/mol. The Kier molecular flexibility index (Phi) is 16.9. The maximum absolute atomic E-state index is 12.9. The summed E-state index contributed by atoms with van der Waals surface area (Å²) in [5.74, 6) is -2.24. The van der Waals surface area contributed by atoms with Crippen LogP contribution in [0.2, 0.25) is 0 Å². The minimum absolute atomic E-state index is 0.0710. The fourth-order valence-electron chi connectivity index (χ4n) is 4.25. The van der Waals surface area contributed by atoms with E-state index in [2.05, 4.69) is 13.8 Å². The van der Waals surface area contributed by atoms with E-state index in [1.807, 2.05) is 18.2 Å². The summed E-state index contributed by atoms with van der Waals surface area (Å²) in [6, 6.07) is 9.01. The number of ether oxygens (including phenoxy) is 2. The Morgan fingerprint density at radius 3 is 1.92 bits per heavy atom. The second kappa shape index (κ2) is 19.1. The van der Waals surface area contributed by atoms with Gasteiger partial charge in [0.05, 0.1) is 6.61 Å². The van der Waals surface area contributed by atoms with Gasteiger partial charge in [-0.2, -0.15) is 0 Å². The number of hydrogen-bond donors (Lipinski definition) is 3. The number of hydrogen-bond acceptors (Lipinski definition) is 6. The number of carboxylic acids is 1. The van der Waals surface area contributed by atoms with Crippen molar-refractivity contribution in [2.75, 3.05) is 6.61 Å². The smallest absolute Gasteiger partial charge is 0.341 e. The number of carbonyl (C=O) groups excluding carboxylic acids is 1. The molecule has 0 aromatic heterocycles. The van der Waals surface area contributed by atoms with Crippen LogP contribution in [-0.4, -0.2) is 51.7 Å². The van der Waals surface area contributed by atoms with Crippen LogP contribution in [-0.2, 0) is 14.3 Å². The molecule has 0 aliphatic heterocycles. The van der Waals surface area contributed by atoms with Gasteiger partial charge in [-0.3, -0.25) is 0 Å². The van der Waals surface area contributed by atoms with Gasteiger partial charge in [0.25, 0.3) is 0 Å². The van der Waals surface area contributed by atoms with Crippen LogP contribution in [0.5, 0.6) is 5.75 Å². The zero-order valence-electron chi connectivity index (χ0n) is 22.3. The zero-order valence-corrected chi connectivity index (χ0v) is 22.3. The van der Waals surface area contributed by atoms with E-state index in [9.17, 15) is 24.9 Å². The summed E-state index contributed by atoms with van der Waals surface area (Å²) < 4.78 is 11.3. The van der Waals surface area contributed by atoms with Gasteiger partial charge in [-0.25, -0.2) is 9.59 Å². The monoisotopic (exact) mass is 508 g/mol. The van der Waals surface area contributed by atoms with E-state index in [1.54, 1.807) is 12.1 Å². The van der Waals surface area contributed by atoms with Crippen molar-refractivity contribution in [2.45, 2.75) is 128 Å². The Morgan fingerprint density at radius 2 is 1.36 bits per heavy atom. The van der Waals surface area contributed by atoms with Gasteiger partial charge < -0.3 is 24.8 Å². The topological polar surface area (TPSA) is 113 Å². The molecule has 1 rings (SSSR count). The Balaban J connectivity index is 2.81. The number of unbranched alkanes of at least 4 members (excludes halogenated alkanes) is 11. The first-order valence-electron chi connectivity index (χ1n) is 13.9. The lowest BCUT2D eigenvalue weighted by Crippen LogP contribution is -2.56. The highest BCUT2D eigenvalue weighted by Gasteiger charge is 2.50. The van der Waals surface area contributed by atoms with Crippen molar-refractivity contribution in [2.24, 2.45) is 0 Å². The van der Waals surface area contributed by atoms with Crippen LogP contribution in [0.3, 0.4) is 0 Å². The van der Waals surface area contributed by atoms with Crippen LogP contribution in [0.15, 0.2) is 30.3 Å². The Labute approximate surface area is 217 Å². The lowest BCUT2D eigenvalue weighted by molar-refractivity contribution is -0.192. The molecule has 3 unspecified atom stereocenters. The molecule has 36 heavy (non-hydrogen) atoms. The number of benzene rings is 1. The molecule has 0 radical (unpaired) electrons. The van der Waals surface area contributed by atoms with E-state index in [0.29, 0.717) is 18.6 Å². The van der Waals surface area contributed by atoms with Gasteiger partial charge >= 0.3 is 11.9 Å². The summed E-state index contributed by atoms with van der Waals surface area (Å²) in [6.07, 6.45) is 10.7. The molecule has 0 saturated carbocycles. The van der Waals surface area contributed by atoms with Crippen LogP contribution in [0.4, 0.5) is 0 Å². The van der Waals surface area contributed by atoms with Gasteiger partial charge in [0.1, 0.15) is 11.9 Å². The van der Waals surface area contributed by atoms with E-state index in [4.69, 9.17) is 9.47 Å². The van der Waals surface area contributed by atoms with Crippen molar-refractivity contribution in [1.82, 2.24) is 0 Å². The van der Waals surface area contributed by atoms with Gasteiger partial charge in [0.2, 0.25) is 5.60 Å². The summed E-state index contributed by atoms with van der Waals surface area (Å²) in [6.45, 7) is 4.39. The maximum Gasteiger partial charge on any atom is 0.341 e. The van der Waals surface area contributed by atoms with Crippen molar-refractivity contribution in [3.8, 4) is 5.75 Å². The second-order valence-electron chi connectivity index (χ2n) is 9.74. The van der Waals surface area contributed by atoms with Crippen molar-refractivity contribution < 1.29 is 34.4 Å². The van der Waals surface area contributed by atoms with Crippen molar-refractivity contribution >= 4 is 11.9 Å². The maximum atomic E-state index is 12.9. The minimum Gasteiger partial charge on any atom is -0.490 e. The lowest BCUT2D eigenvalue weighted by atomic mass is 9.88. The number of aliphatic hydroxyl groups excluding tert-OH is 1. The molecule has 7 heteroatoms. The SMILES string of the molecule is CCCCCCCCCC(CC(O)(C(=O)OCCCCCCCC)C(O)C(=O)O)Oc1ccccc1. The lowest BCUT2D eigenvalue weighted by Gasteiger charge is -2.32. The first kappa shape index (κ1) is 31.9. The number of aliphatic hydroxyl groups is 2. The van der Waals surface area contributed by atoms with Gasteiger partial charge in [-0.05, 0) is 31.4 Å². The highest BCUT2D eigenvalue weighted by atomic mass is 16.6. The van der Waals surface area contributed by atoms with Crippen LogP contribution in [0, 0.1) is 0 Å². The molecule has 3 atom stereocenters. The minimum atomic E-state index is -2.60. The molecule has 7 nitrogen and oxygen atoms in total. The van der Waals surface area contributed by atoms with Crippen LogP contribution < -0.4 is 4.74 Å². The van der Waals surface area contributed by atoms with E-state index in [1.165, 1.54) is 19.3 Å². The van der Waals surface area contributed by atoms with E-state index in [-0.39, 0.29) is 13.0 Å². The largest absolute Gasteiger partial charge is 0.490 e. The first-order valence-corrected chi connectivity index (χ1v) is 13.9. The highest BCUT2D eigenvalue weighted by Crippen LogP contribution is 2.27. The average Bonchev–Trinajstić information content (AvgIpc) is 2.87. The average molecular weight is 509 g/mol. The van der Waals surface area contributed by atoms with E-state index >= 15 is 0 Å². The highest BCUT2D eigenvalue weighted by molar-refractivity contribution is 5.88. The molecule has 0 saturated heterocycles. The predicted octanol–water partition coefficient (Wildman–Crippen LogP) is 6.05. The number of carboxylic acid groups (broad SMARTS) is 1. The molecule has 0 bridgehead atoms. The van der Waals surface area contributed by atoms with Crippen LogP contribution in [0.25, 0.3) is 0 Å². The first-order chi connectivity index (χ1) is 17.3. The zero-order chi connectivity index (χ0) is 26.7. The number of rotatable bonds is 22. The number of carbonyl (C=O) groups is 2. The molecule has 0 fully saturated rings. The Bertz CT molecular complexity index is 709. The molecule has 206 valence electrons. The molecule has 0 aliphatic rings. The molecular weight excluding hydrogens is 460 g/mol. The van der Waals surface area contributed by atoms with Gasteiger partial charge in [0, 0.05) is 6.42 Å². The third-order valence-corrected chi connectivity index (χ3v) is 6.49. The van der Waals surface area contributed by atoms with E-state index < -0.39 is 29.7 Å². The normalized spacial score (nSPS) is 14.6. The second-order valence-corrected chi connectivity index (χ2v) is 9.74. The molecule has 0 amide bonds. The third kappa shape index (κ3) is 12.7. The fraction of sp³-hybridized carbons (Fsp3) is 0.724. The van der Waals surface area contributed by atoms with Crippen molar-refractivity contribution in [1.29, 1.82) is 0 Å². The Hall–Kier alpha value is -2.12. The number of aliphatic carboxylic acids is 1. The molecule has 0 heterocycles. The molecule has 3 N–H and O–H groups in total. The summed E-state index contributed by atoms with van der Waals surface area (Å²) in [5, 5.41) is 30.9. The standard InChI is InChI=1S/C29H48O7/c1-3-5-7-9-11-12-15-21-25(36-24-19-16-14-17-20-24)23-29(34,26(30)27(31)32)28(33)35-22-18-13-10-8-6-4-2/h14,16-17,19-20,25-26,30,34H,3-13,15,18,21-23H2,1-2H3,(H,31,32). The van der Waals surface area contributed by atoms with Crippen molar-refractivity contribution in [3.63, 3.8) is 0 Å². The van der Waals surface area contributed by atoms with Crippen molar-refractivity contribution in [3.05, 3.63) is 30.3 Å². The van der Waals surface area contributed by atoms with Crippen LogP contribution in [0.1, 0.15) is 110 Å². The molecular formula is C29H48O7. The summed E-state index contributed by atoms with van der Waals surface area (Å²) >= 11 is 0. The quantitative estimate of drug-likeness (QED) is 0.129. The number of para-hydroxylation sites is 1. The van der Waals surface area contributed by atoms with Gasteiger partial charge in [-0.15, -0.1) is 0 Å². The summed E-state index contributed by atoms with van der Waals surface area (Å²) in [7, 11) is 0. The van der Waals surface area contributed by atoms with Gasteiger partial charge in [-0.1, -0.05) is 103 Å². The molecule has 1 aromatic rings.